The number of piperazine rings is 1. The second-order valence-electron chi connectivity index (χ2n) is 8.19. The molecule has 3 aromatic carbocycles. The number of hydrogen-bond acceptors (Lipinski definition) is 4. The van der Waals surface area contributed by atoms with Crippen LogP contribution in [0.1, 0.15) is 11.1 Å². The highest BCUT2D eigenvalue weighted by Gasteiger charge is 2.19. The normalized spacial score (nSPS) is 14.4. The summed E-state index contributed by atoms with van der Waals surface area (Å²) in [5, 5.41) is 3.78. The topological polar surface area (TPSA) is 35.6 Å². The molecule has 0 atom stereocenters. The van der Waals surface area contributed by atoms with E-state index < -0.39 is 0 Å². The first-order chi connectivity index (χ1) is 15.5. The number of halogens is 1. The number of anilines is 2. The summed E-state index contributed by atoms with van der Waals surface area (Å²) < 4.78 is 0. The smallest absolute Gasteiger partial charge is 0.238 e. The lowest BCUT2D eigenvalue weighted by Gasteiger charge is -2.35. The van der Waals surface area contributed by atoms with Gasteiger partial charge in [-0.05, 0) is 73.5 Å². The van der Waals surface area contributed by atoms with Gasteiger partial charge >= 0.3 is 0 Å². The molecular formula is C26H28ClN3OS. The van der Waals surface area contributed by atoms with Crippen molar-refractivity contribution in [2.75, 3.05) is 42.9 Å². The van der Waals surface area contributed by atoms with E-state index in [0.29, 0.717) is 6.54 Å². The minimum Gasteiger partial charge on any atom is -0.369 e. The quantitative estimate of drug-likeness (QED) is 0.494. The maximum absolute atomic E-state index is 12.5. The molecule has 166 valence electrons. The van der Waals surface area contributed by atoms with Crippen LogP contribution in [0.5, 0.6) is 0 Å². The number of hydrogen-bond donors (Lipinski definition) is 1. The third kappa shape index (κ3) is 6.06. The Hall–Kier alpha value is -2.47. The first kappa shape index (κ1) is 22.7. The van der Waals surface area contributed by atoms with Crippen molar-refractivity contribution in [1.29, 1.82) is 0 Å². The van der Waals surface area contributed by atoms with Crippen LogP contribution in [0.3, 0.4) is 0 Å². The van der Waals surface area contributed by atoms with Gasteiger partial charge in [0.1, 0.15) is 0 Å². The van der Waals surface area contributed by atoms with E-state index >= 15 is 0 Å². The molecule has 1 fully saturated rings. The molecule has 1 amide bonds. The first-order valence-corrected chi connectivity index (χ1v) is 12.0. The van der Waals surface area contributed by atoms with Gasteiger partial charge in [0.25, 0.3) is 0 Å². The van der Waals surface area contributed by atoms with Crippen LogP contribution >= 0.6 is 23.4 Å². The maximum atomic E-state index is 12.5. The van der Waals surface area contributed by atoms with E-state index in [1.54, 1.807) is 11.8 Å². The van der Waals surface area contributed by atoms with Crippen molar-refractivity contribution in [2.24, 2.45) is 0 Å². The van der Waals surface area contributed by atoms with Gasteiger partial charge in [-0.3, -0.25) is 9.69 Å². The molecule has 1 aliphatic heterocycles. The van der Waals surface area contributed by atoms with Crippen molar-refractivity contribution in [3.05, 3.63) is 82.9 Å². The highest BCUT2D eigenvalue weighted by atomic mass is 35.5. The number of benzene rings is 3. The van der Waals surface area contributed by atoms with E-state index in [0.717, 1.165) is 47.5 Å². The summed E-state index contributed by atoms with van der Waals surface area (Å²) >= 11 is 7.86. The Kier molecular flexibility index (Phi) is 7.40. The minimum absolute atomic E-state index is 0.0242. The van der Waals surface area contributed by atoms with Gasteiger partial charge in [-0.2, -0.15) is 0 Å². The third-order valence-electron chi connectivity index (χ3n) is 5.62. The van der Waals surface area contributed by atoms with Gasteiger partial charge < -0.3 is 10.2 Å². The maximum Gasteiger partial charge on any atom is 0.238 e. The minimum atomic E-state index is 0.0242. The molecule has 3 aromatic rings. The molecular weight excluding hydrogens is 438 g/mol. The monoisotopic (exact) mass is 465 g/mol. The van der Waals surface area contributed by atoms with Crippen LogP contribution in [0.2, 0.25) is 5.02 Å². The Morgan fingerprint density at radius 3 is 2.44 bits per heavy atom. The van der Waals surface area contributed by atoms with E-state index in [-0.39, 0.29) is 5.91 Å². The molecule has 4 rings (SSSR count). The summed E-state index contributed by atoms with van der Waals surface area (Å²) in [7, 11) is 0. The summed E-state index contributed by atoms with van der Waals surface area (Å²) in [6.45, 7) is 8.12. The molecule has 0 saturated carbocycles. The molecule has 1 aliphatic rings. The molecule has 0 unspecified atom stereocenters. The van der Waals surface area contributed by atoms with Crippen LogP contribution in [0.4, 0.5) is 11.4 Å². The van der Waals surface area contributed by atoms with Crippen molar-refractivity contribution in [3.63, 3.8) is 0 Å². The van der Waals surface area contributed by atoms with Gasteiger partial charge in [0.2, 0.25) is 5.91 Å². The first-order valence-electron chi connectivity index (χ1n) is 10.8. The highest BCUT2D eigenvalue weighted by molar-refractivity contribution is 7.99. The molecule has 0 bridgehead atoms. The fourth-order valence-electron chi connectivity index (χ4n) is 3.79. The third-order valence-corrected chi connectivity index (χ3v) is 7.03. The number of carbonyl (C=O) groups excluding carboxylic acids is 1. The van der Waals surface area contributed by atoms with Crippen LogP contribution in [-0.4, -0.2) is 43.5 Å². The largest absolute Gasteiger partial charge is 0.369 e. The number of rotatable bonds is 6. The lowest BCUT2D eigenvalue weighted by molar-refractivity contribution is -0.117. The van der Waals surface area contributed by atoms with E-state index in [4.69, 9.17) is 11.6 Å². The van der Waals surface area contributed by atoms with Gasteiger partial charge in [0.05, 0.1) is 6.54 Å². The van der Waals surface area contributed by atoms with Crippen molar-refractivity contribution in [3.8, 4) is 0 Å². The number of amides is 1. The number of carbonyl (C=O) groups is 1. The molecule has 4 nitrogen and oxygen atoms in total. The average Bonchev–Trinajstić information content (AvgIpc) is 2.78. The van der Waals surface area contributed by atoms with E-state index in [1.807, 2.05) is 30.3 Å². The molecule has 32 heavy (non-hydrogen) atoms. The zero-order valence-electron chi connectivity index (χ0n) is 18.5. The van der Waals surface area contributed by atoms with E-state index in [1.165, 1.54) is 16.0 Å². The Morgan fingerprint density at radius 2 is 1.72 bits per heavy atom. The second-order valence-corrected chi connectivity index (χ2v) is 9.74. The summed E-state index contributed by atoms with van der Waals surface area (Å²) in [4.78, 5) is 19.5. The number of nitrogens with one attached hydrogen (secondary N) is 1. The van der Waals surface area contributed by atoms with Crippen LogP contribution in [0.15, 0.2) is 76.5 Å². The van der Waals surface area contributed by atoms with Crippen molar-refractivity contribution >= 4 is 40.6 Å². The zero-order valence-corrected chi connectivity index (χ0v) is 20.0. The van der Waals surface area contributed by atoms with Crippen LogP contribution in [0, 0.1) is 13.8 Å². The Labute approximate surface area is 199 Å². The van der Waals surface area contributed by atoms with Crippen LogP contribution in [-0.2, 0) is 4.79 Å². The second kappa shape index (κ2) is 10.4. The number of nitrogens with zero attached hydrogens (tertiary/aromatic N) is 2. The fourth-order valence-corrected chi connectivity index (χ4v) is 4.98. The molecule has 6 heteroatoms. The zero-order chi connectivity index (χ0) is 22.5. The highest BCUT2D eigenvalue weighted by Crippen LogP contribution is 2.31. The molecule has 0 spiro atoms. The summed E-state index contributed by atoms with van der Waals surface area (Å²) in [6.07, 6.45) is 0. The Balaban J connectivity index is 1.26. The van der Waals surface area contributed by atoms with Crippen molar-refractivity contribution < 1.29 is 4.79 Å². The van der Waals surface area contributed by atoms with E-state index in [9.17, 15) is 4.79 Å². The predicted molar refractivity (Wildman–Crippen MR) is 135 cm³/mol. The summed E-state index contributed by atoms with van der Waals surface area (Å²) in [6, 6.07) is 22.5. The molecule has 0 aromatic heterocycles. The Morgan fingerprint density at radius 1 is 0.969 bits per heavy atom. The lowest BCUT2D eigenvalue weighted by Crippen LogP contribution is -2.48. The van der Waals surface area contributed by atoms with Gasteiger partial charge in [-0.25, -0.2) is 0 Å². The van der Waals surface area contributed by atoms with Gasteiger partial charge in [-0.15, -0.1) is 0 Å². The van der Waals surface area contributed by atoms with Crippen LogP contribution in [0.25, 0.3) is 0 Å². The van der Waals surface area contributed by atoms with Gasteiger partial charge in [-0.1, -0.05) is 41.6 Å². The molecule has 1 N–H and O–H groups in total. The summed E-state index contributed by atoms with van der Waals surface area (Å²) in [5.41, 5.74) is 4.50. The predicted octanol–water partition coefficient (Wildman–Crippen LogP) is 5.87. The molecule has 1 heterocycles. The fraction of sp³-hybridized carbons (Fsp3) is 0.269. The Bertz CT molecular complexity index is 1080. The molecule has 0 radical (unpaired) electrons. The van der Waals surface area contributed by atoms with Crippen molar-refractivity contribution in [2.45, 2.75) is 23.6 Å². The van der Waals surface area contributed by atoms with Gasteiger partial charge in [0, 0.05) is 52.4 Å². The lowest BCUT2D eigenvalue weighted by atomic mass is 10.2. The van der Waals surface area contributed by atoms with Crippen LogP contribution < -0.4 is 10.2 Å². The van der Waals surface area contributed by atoms with Crippen molar-refractivity contribution in [1.82, 2.24) is 4.90 Å². The SMILES string of the molecule is Cc1ccc(C)c(Sc2ccc(NC(=O)CN3CCN(c4cccc(Cl)c4)CC3)cc2)c1. The molecule has 1 saturated heterocycles. The molecule has 0 aliphatic carbocycles. The number of aryl methyl sites for hydroxylation is 2. The van der Waals surface area contributed by atoms with Gasteiger partial charge in [0.15, 0.2) is 0 Å². The van der Waals surface area contributed by atoms with E-state index in [2.05, 4.69) is 65.4 Å². The average molecular weight is 466 g/mol. The summed E-state index contributed by atoms with van der Waals surface area (Å²) in [5.74, 6) is 0.0242. The standard InChI is InChI=1S/C26H28ClN3OS/c1-19-6-7-20(2)25(16-19)32-24-10-8-22(9-11-24)28-26(31)18-29-12-14-30(15-13-29)23-5-3-4-21(27)17-23/h3-11,16-17H,12-15,18H2,1-2H3,(H,28,31).